The van der Waals surface area contributed by atoms with E-state index in [9.17, 15) is 8.42 Å². The summed E-state index contributed by atoms with van der Waals surface area (Å²) in [6.07, 6.45) is 0.952. The minimum absolute atomic E-state index is 0.211. The molecular weight excluding hydrogens is 368 g/mol. The van der Waals surface area contributed by atoms with Gasteiger partial charge in [0.15, 0.2) is 0 Å². The van der Waals surface area contributed by atoms with Crippen molar-refractivity contribution in [3.05, 3.63) is 0 Å². The van der Waals surface area contributed by atoms with E-state index in [1.165, 1.54) is 0 Å². The Labute approximate surface area is 91.1 Å². The molecule has 0 bridgehead atoms. The maximum absolute atomic E-state index is 10.2. The van der Waals surface area contributed by atoms with Crippen molar-refractivity contribution in [1.82, 2.24) is 0 Å². The lowest BCUT2D eigenvalue weighted by Gasteiger charge is -2.09. The van der Waals surface area contributed by atoms with E-state index in [0.29, 0.717) is 12.8 Å². The SMILES string of the molecule is O=S(=O)(O)CCCC(Br)(Br)Br. The third-order valence-corrected chi connectivity index (χ3v) is 2.86. The zero-order chi connectivity index (χ0) is 9.12. The maximum atomic E-state index is 10.2. The third kappa shape index (κ3) is 11.3. The molecule has 0 rings (SSSR count). The molecule has 0 saturated heterocycles. The Bertz CT molecular complexity index is 205. The summed E-state index contributed by atoms with van der Waals surface area (Å²) < 4.78 is 28.4. The van der Waals surface area contributed by atoms with E-state index in [4.69, 9.17) is 4.55 Å². The molecule has 3 nitrogen and oxygen atoms in total. The summed E-state index contributed by atoms with van der Waals surface area (Å²) in [6.45, 7) is 0. The first-order valence-electron chi connectivity index (χ1n) is 2.73. The Hall–Kier alpha value is 1.35. The minimum atomic E-state index is -3.81. The fraction of sp³-hybridized carbons (Fsp3) is 1.00. The molecule has 0 aliphatic heterocycles. The summed E-state index contributed by atoms with van der Waals surface area (Å²) >= 11 is 9.61. The Morgan fingerprint density at radius 1 is 1.27 bits per heavy atom. The highest BCUT2D eigenvalue weighted by atomic mass is 80.0. The van der Waals surface area contributed by atoms with Gasteiger partial charge in [0.2, 0.25) is 0 Å². The molecule has 0 heterocycles. The van der Waals surface area contributed by atoms with E-state index in [1.54, 1.807) is 0 Å². The molecule has 68 valence electrons. The molecule has 0 aromatic rings. The zero-order valence-electron chi connectivity index (χ0n) is 5.43. The highest BCUT2D eigenvalue weighted by Crippen LogP contribution is 2.37. The first-order chi connectivity index (χ1) is 4.71. The number of hydrogen-bond donors (Lipinski definition) is 1. The molecule has 0 atom stereocenters. The summed E-state index contributed by atoms with van der Waals surface area (Å²) in [5.41, 5.74) is 0. The van der Waals surface area contributed by atoms with Crippen LogP contribution in [0.15, 0.2) is 0 Å². The molecular formula is C4H7Br3O3S. The average molecular weight is 375 g/mol. The lowest BCUT2D eigenvalue weighted by molar-refractivity contribution is 0.480. The number of halogens is 3. The summed E-state index contributed by atoms with van der Waals surface area (Å²) in [7, 11) is -3.81. The van der Waals surface area contributed by atoms with Crippen LogP contribution in [0.2, 0.25) is 0 Å². The van der Waals surface area contributed by atoms with Gasteiger partial charge in [-0.15, -0.1) is 0 Å². The third-order valence-electron chi connectivity index (χ3n) is 0.863. The fourth-order valence-corrected chi connectivity index (χ4v) is 1.81. The van der Waals surface area contributed by atoms with Crippen LogP contribution in [0.25, 0.3) is 0 Å². The summed E-state index contributed by atoms with van der Waals surface area (Å²) in [4.78, 5) is 0. The molecule has 0 fully saturated rings. The van der Waals surface area contributed by atoms with Crippen molar-refractivity contribution in [2.75, 3.05) is 5.75 Å². The van der Waals surface area contributed by atoms with Gasteiger partial charge in [-0.25, -0.2) is 0 Å². The molecule has 0 saturated carbocycles. The van der Waals surface area contributed by atoms with Gasteiger partial charge in [0, 0.05) is 0 Å². The van der Waals surface area contributed by atoms with Crippen LogP contribution in [0, 0.1) is 0 Å². The molecule has 0 aromatic heterocycles. The van der Waals surface area contributed by atoms with Crippen molar-refractivity contribution in [3.8, 4) is 0 Å². The van der Waals surface area contributed by atoms with Gasteiger partial charge >= 0.3 is 0 Å². The van der Waals surface area contributed by atoms with Gasteiger partial charge in [-0.3, -0.25) is 4.55 Å². The van der Waals surface area contributed by atoms with Gasteiger partial charge in [-0.2, -0.15) is 8.42 Å². The second-order valence-corrected chi connectivity index (χ2v) is 10.8. The molecule has 11 heavy (non-hydrogen) atoms. The number of hydrogen-bond acceptors (Lipinski definition) is 2. The Kier molecular flexibility index (Phi) is 5.11. The van der Waals surface area contributed by atoms with E-state index < -0.39 is 12.3 Å². The zero-order valence-corrected chi connectivity index (χ0v) is 11.0. The van der Waals surface area contributed by atoms with Gasteiger partial charge in [-0.1, -0.05) is 47.8 Å². The second-order valence-electron chi connectivity index (χ2n) is 2.00. The Balaban J connectivity index is 3.61. The van der Waals surface area contributed by atoms with E-state index in [-0.39, 0.29) is 5.75 Å². The molecule has 0 aliphatic carbocycles. The van der Waals surface area contributed by atoms with Gasteiger partial charge in [0.1, 0.15) is 2.14 Å². The van der Waals surface area contributed by atoms with Crippen molar-refractivity contribution in [2.24, 2.45) is 0 Å². The quantitative estimate of drug-likeness (QED) is 0.610. The van der Waals surface area contributed by atoms with Gasteiger partial charge < -0.3 is 0 Å². The predicted molar refractivity (Wildman–Crippen MR) is 55.2 cm³/mol. The molecule has 0 amide bonds. The van der Waals surface area contributed by atoms with Gasteiger partial charge in [0.25, 0.3) is 10.1 Å². The van der Waals surface area contributed by atoms with Crippen LogP contribution < -0.4 is 0 Å². The van der Waals surface area contributed by atoms with Crippen LogP contribution in [-0.4, -0.2) is 20.9 Å². The first-order valence-corrected chi connectivity index (χ1v) is 6.71. The first kappa shape index (κ1) is 12.3. The van der Waals surface area contributed by atoms with Crippen LogP contribution in [0.5, 0.6) is 0 Å². The van der Waals surface area contributed by atoms with E-state index in [0.717, 1.165) is 0 Å². The molecule has 0 radical (unpaired) electrons. The van der Waals surface area contributed by atoms with Crippen LogP contribution in [0.1, 0.15) is 12.8 Å². The monoisotopic (exact) mass is 372 g/mol. The molecule has 0 unspecified atom stereocenters. The molecule has 0 aromatic carbocycles. The van der Waals surface area contributed by atoms with Crippen molar-refractivity contribution in [3.63, 3.8) is 0 Å². The number of rotatable bonds is 3. The second kappa shape index (κ2) is 4.55. The van der Waals surface area contributed by atoms with Crippen LogP contribution in [0.3, 0.4) is 0 Å². The summed E-state index contributed by atoms with van der Waals surface area (Å²) in [5.74, 6) is -0.211. The summed E-state index contributed by atoms with van der Waals surface area (Å²) in [6, 6.07) is 0. The highest BCUT2D eigenvalue weighted by molar-refractivity contribution is 9.39. The van der Waals surface area contributed by atoms with Crippen LogP contribution >= 0.6 is 47.8 Å². The fourth-order valence-electron chi connectivity index (χ4n) is 0.455. The summed E-state index contributed by atoms with van der Waals surface area (Å²) in [5, 5.41) is 0. The van der Waals surface area contributed by atoms with E-state index >= 15 is 0 Å². The Morgan fingerprint density at radius 2 is 1.73 bits per heavy atom. The van der Waals surface area contributed by atoms with Crippen molar-refractivity contribution < 1.29 is 13.0 Å². The van der Waals surface area contributed by atoms with Crippen molar-refractivity contribution in [2.45, 2.75) is 15.0 Å². The predicted octanol–water partition coefficient (Wildman–Crippen LogP) is 2.49. The lowest BCUT2D eigenvalue weighted by atomic mass is 10.4. The molecule has 0 aliphatic rings. The molecule has 0 spiro atoms. The number of alkyl halides is 3. The maximum Gasteiger partial charge on any atom is 0.264 e. The lowest BCUT2D eigenvalue weighted by Crippen LogP contribution is -2.07. The van der Waals surface area contributed by atoms with Gasteiger partial charge in [-0.05, 0) is 12.8 Å². The molecule has 1 N–H and O–H groups in total. The average Bonchev–Trinajstić information content (AvgIpc) is 1.55. The van der Waals surface area contributed by atoms with Crippen LogP contribution in [0.4, 0.5) is 0 Å². The smallest absolute Gasteiger partial charge is 0.264 e. The Morgan fingerprint density at radius 3 is 2.00 bits per heavy atom. The largest absolute Gasteiger partial charge is 0.286 e. The van der Waals surface area contributed by atoms with Crippen LogP contribution in [-0.2, 0) is 10.1 Å². The van der Waals surface area contributed by atoms with Crippen molar-refractivity contribution >= 4 is 57.9 Å². The van der Waals surface area contributed by atoms with Crippen molar-refractivity contribution in [1.29, 1.82) is 0 Å². The normalized spacial score (nSPS) is 13.5. The van der Waals surface area contributed by atoms with Gasteiger partial charge in [0.05, 0.1) is 5.75 Å². The minimum Gasteiger partial charge on any atom is -0.286 e. The highest BCUT2D eigenvalue weighted by Gasteiger charge is 2.18. The van der Waals surface area contributed by atoms with E-state index in [1.807, 2.05) is 0 Å². The topological polar surface area (TPSA) is 54.4 Å². The molecule has 7 heteroatoms. The standard InChI is InChI=1S/C4H7Br3O3S/c5-4(6,7)2-1-3-11(8,9)10/h1-3H2,(H,8,9,10). The van der Waals surface area contributed by atoms with E-state index in [2.05, 4.69) is 47.8 Å².